The number of carbonyl (C=O) groups is 1. The van der Waals surface area contributed by atoms with Gasteiger partial charge < -0.3 is 10.6 Å². The first-order valence-corrected chi connectivity index (χ1v) is 6.39. The molecule has 1 atom stereocenters. The van der Waals surface area contributed by atoms with Crippen LogP contribution in [-0.4, -0.2) is 37.6 Å². The van der Waals surface area contributed by atoms with Gasteiger partial charge in [-0.2, -0.15) is 5.26 Å². The van der Waals surface area contributed by atoms with E-state index in [0.29, 0.717) is 30.3 Å². The number of anilines is 1. The lowest BCUT2D eigenvalue weighted by atomic mass is 10.0. The number of hydrogen-bond acceptors (Lipinski definition) is 3. The van der Waals surface area contributed by atoms with Crippen LogP contribution in [0, 0.1) is 17.2 Å². The van der Waals surface area contributed by atoms with Crippen LogP contribution in [0.5, 0.6) is 0 Å². The van der Waals surface area contributed by atoms with Gasteiger partial charge >= 0.3 is 6.03 Å². The first-order valence-electron chi connectivity index (χ1n) is 6.39. The van der Waals surface area contributed by atoms with Crippen LogP contribution >= 0.6 is 0 Å². The Balaban J connectivity index is 2.31. The molecule has 2 rings (SSSR count). The number of nitriles is 1. The van der Waals surface area contributed by atoms with E-state index < -0.39 is 0 Å². The highest BCUT2D eigenvalue weighted by molar-refractivity contribution is 5.94. The molecule has 1 unspecified atom stereocenters. The average Bonchev–Trinajstić information content (AvgIpc) is 2.43. The molecule has 0 bridgehead atoms. The van der Waals surface area contributed by atoms with Crippen LogP contribution in [0.3, 0.4) is 0 Å². The number of benzene rings is 1. The van der Waals surface area contributed by atoms with Crippen LogP contribution in [0.4, 0.5) is 10.5 Å². The Labute approximate surface area is 113 Å². The molecule has 1 saturated heterocycles. The fourth-order valence-corrected chi connectivity index (χ4v) is 2.49. The van der Waals surface area contributed by atoms with Gasteiger partial charge in [-0.1, -0.05) is 12.1 Å². The van der Waals surface area contributed by atoms with Gasteiger partial charge in [-0.3, -0.25) is 4.90 Å². The number of hydrogen-bond donors (Lipinski definition) is 1. The lowest BCUT2D eigenvalue weighted by Gasteiger charge is -2.38. The van der Waals surface area contributed by atoms with E-state index in [1.54, 1.807) is 29.0 Å². The number of amides is 2. The molecule has 0 spiro atoms. The zero-order valence-electron chi connectivity index (χ0n) is 11.0. The van der Waals surface area contributed by atoms with Crippen molar-refractivity contribution in [3.8, 4) is 6.07 Å². The number of carbonyl (C=O) groups excluding carboxylic acids is 1. The fourth-order valence-electron chi connectivity index (χ4n) is 2.49. The Morgan fingerprint density at radius 2 is 2.16 bits per heavy atom. The molecule has 19 heavy (non-hydrogen) atoms. The molecule has 1 aromatic rings. The molecule has 1 fully saturated rings. The summed E-state index contributed by atoms with van der Waals surface area (Å²) >= 11 is 0. The number of para-hydroxylation sites is 1. The molecule has 0 saturated carbocycles. The Bertz CT molecular complexity index is 508. The quantitative estimate of drug-likeness (QED) is 0.890. The van der Waals surface area contributed by atoms with E-state index in [9.17, 15) is 4.79 Å². The second-order valence-corrected chi connectivity index (χ2v) is 4.85. The minimum absolute atomic E-state index is 0.0593. The van der Waals surface area contributed by atoms with E-state index in [2.05, 4.69) is 6.07 Å². The molecule has 5 nitrogen and oxygen atoms in total. The van der Waals surface area contributed by atoms with Crippen molar-refractivity contribution in [2.75, 3.05) is 31.6 Å². The average molecular weight is 258 g/mol. The van der Waals surface area contributed by atoms with E-state index in [1.165, 1.54) is 0 Å². The lowest BCUT2D eigenvalue weighted by molar-refractivity contribution is 0.191. The van der Waals surface area contributed by atoms with E-state index >= 15 is 0 Å². The summed E-state index contributed by atoms with van der Waals surface area (Å²) in [5.74, 6) is 0.347. The van der Waals surface area contributed by atoms with Crippen LogP contribution in [-0.2, 0) is 0 Å². The van der Waals surface area contributed by atoms with Gasteiger partial charge in [-0.05, 0) is 31.0 Å². The summed E-state index contributed by atoms with van der Waals surface area (Å²) < 4.78 is 0. The topological polar surface area (TPSA) is 73.4 Å². The maximum atomic E-state index is 12.3. The van der Waals surface area contributed by atoms with Crippen LogP contribution in [0.2, 0.25) is 0 Å². The molecule has 1 aromatic carbocycles. The van der Waals surface area contributed by atoms with Crippen LogP contribution in [0.1, 0.15) is 12.0 Å². The molecule has 2 amide bonds. The summed E-state index contributed by atoms with van der Waals surface area (Å²) in [5, 5.41) is 9.15. The van der Waals surface area contributed by atoms with Crippen molar-refractivity contribution in [2.45, 2.75) is 6.42 Å². The Morgan fingerprint density at radius 1 is 1.42 bits per heavy atom. The van der Waals surface area contributed by atoms with Gasteiger partial charge in [0.1, 0.15) is 6.07 Å². The Kier molecular flexibility index (Phi) is 4.03. The highest BCUT2D eigenvalue weighted by atomic mass is 16.2. The largest absolute Gasteiger partial charge is 0.330 e. The highest BCUT2D eigenvalue weighted by Crippen LogP contribution is 2.26. The molecule has 100 valence electrons. The number of urea groups is 1. The van der Waals surface area contributed by atoms with E-state index in [1.807, 2.05) is 12.1 Å². The molecular formula is C14H18N4O. The molecule has 5 heteroatoms. The van der Waals surface area contributed by atoms with E-state index in [0.717, 1.165) is 13.0 Å². The fraction of sp³-hybridized carbons (Fsp3) is 0.429. The third kappa shape index (κ3) is 2.69. The third-order valence-corrected chi connectivity index (χ3v) is 3.42. The molecule has 0 aliphatic carbocycles. The summed E-state index contributed by atoms with van der Waals surface area (Å²) in [6, 6.07) is 9.27. The van der Waals surface area contributed by atoms with Crippen molar-refractivity contribution in [1.29, 1.82) is 5.26 Å². The van der Waals surface area contributed by atoms with Gasteiger partial charge in [0.15, 0.2) is 0 Å². The number of nitrogens with zero attached hydrogens (tertiary/aromatic N) is 3. The van der Waals surface area contributed by atoms with E-state index in [-0.39, 0.29) is 6.03 Å². The summed E-state index contributed by atoms with van der Waals surface area (Å²) in [7, 11) is 1.78. The SMILES string of the molecule is CN1CC(CCN)CN(c2ccccc2C#N)C1=O. The number of nitrogens with two attached hydrogens (primary N) is 1. The molecular weight excluding hydrogens is 240 g/mol. The Hall–Kier alpha value is -2.06. The van der Waals surface area contributed by atoms with Crippen LogP contribution in [0.25, 0.3) is 0 Å². The number of rotatable bonds is 3. The maximum Gasteiger partial charge on any atom is 0.324 e. The summed E-state index contributed by atoms with van der Waals surface area (Å²) in [6.45, 7) is 1.96. The van der Waals surface area contributed by atoms with Crippen molar-refractivity contribution in [1.82, 2.24) is 4.90 Å². The van der Waals surface area contributed by atoms with Crippen molar-refractivity contribution in [2.24, 2.45) is 11.7 Å². The first kappa shape index (κ1) is 13.4. The van der Waals surface area contributed by atoms with E-state index in [4.69, 9.17) is 11.0 Å². The third-order valence-electron chi connectivity index (χ3n) is 3.42. The lowest BCUT2D eigenvalue weighted by Crippen LogP contribution is -2.52. The van der Waals surface area contributed by atoms with Crippen molar-refractivity contribution in [3.63, 3.8) is 0 Å². The maximum absolute atomic E-state index is 12.3. The minimum Gasteiger partial charge on any atom is -0.330 e. The zero-order chi connectivity index (χ0) is 13.8. The first-order chi connectivity index (χ1) is 9.17. The van der Waals surface area contributed by atoms with Crippen molar-refractivity contribution < 1.29 is 4.79 Å². The molecule has 1 heterocycles. The smallest absolute Gasteiger partial charge is 0.324 e. The molecule has 0 aromatic heterocycles. The predicted octanol–water partition coefficient (Wildman–Crippen LogP) is 1.40. The van der Waals surface area contributed by atoms with Gasteiger partial charge in [0.25, 0.3) is 0 Å². The standard InChI is InChI=1S/C14H18N4O/c1-17-9-11(6-7-15)10-18(14(17)19)13-5-3-2-4-12(13)8-16/h2-5,11H,6-7,9-10,15H2,1H3. The molecule has 2 N–H and O–H groups in total. The second-order valence-electron chi connectivity index (χ2n) is 4.85. The van der Waals surface area contributed by atoms with Gasteiger partial charge in [-0.25, -0.2) is 4.79 Å². The van der Waals surface area contributed by atoms with Crippen LogP contribution < -0.4 is 10.6 Å². The second kappa shape index (κ2) is 5.72. The Morgan fingerprint density at radius 3 is 2.84 bits per heavy atom. The summed E-state index contributed by atoms with van der Waals surface area (Å²) in [5.41, 5.74) is 6.81. The highest BCUT2D eigenvalue weighted by Gasteiger charge is 2.31. The molecule has 0 radical (unpaired) electrons. The molecule has 1 aliphatic rings. The molecule has 1 aliphatic heterocycles. The summed E-state index contributed by atoms with van der Waals surface area (Å²) in [4.78, 5) is 15.6. The monoisotopic (exact) mass is 258 g/mol. The minimum atomic E-state index is -0.0593. The van der Waals surface area contributed by atoms with Crippen molar-refractivity contribution in [3.05, 3.63) is 29.8 Å². The van der Waals surface area contributed by atoms with Gasteiger partial charge in [0, 0.05) is 20.1 Å². The van der Waals surface area contributed by atoms with Crippen molar-refractivity contribution >= 4 is 11.7 Å². The van der Waals surface area contributed by atoms with Gasteiger partial charge in [0.05, 0.1) is 11.3 Å². The van der Waals surface area contributed by atoms with Gasteiger partial charge in [0.2, 0.25) is 0 Å². The van der Waals surface area contributed by atoms with Gasteiger partial charge in [-0.15, -0.1) is 0 Å². The predicted molar refractivity (Wildman–Crippen MR) is 73.7 cm³/mol. The zero-order valence-corrected chi connectivity index (χ0v) is 11.0. The normalized spacial score (nSPS) is 19.4. The van der Waals surface area contributed by atoms with Crippen LogP contribution in [0.15, 0.2) is 24.3 Å². The summed E-state index contributed by atoms with van der Waals surface area (Å²) in [6.07, 6.45) is 0.878.